The number of hydrogen-bond acceptors (Lipinski definition) is 3. The average Bonchev–Trinajstić information content (AvgIpc) is 2.46. The number of hydrogen-bond donors (Lipinski definition) is 1. The molecule has 0 aliphatic carbocycles. The van der Waals surface area contributed by atoms with Crippen LogP contribution in [-0.4, -0.2) is 16.5 Å². The van der Waals surface area contributed by atoms with E-state index in [1.165, 1.54) is 0 Å². The number of nitrogens with one attached hydrogen (secondary N) is 1. The molecule has 0 saturated carbocycles. The van der Waals surface area contributed by atoms with Gasteiger partial charge in [0.1, 0.15) is 5.82 Å². The minimum absolute atomic E-state index is 0.322. The van der Waals surface area contributed by atoms with Crippen LogP contribution < -0.4 is 5.32 Å². The Hall–Kier alpha value is -1.32. The molecule has 3 nitrogen and oxygen atoms in total. The molecule has 2 aromatic rings. The van der Waals surface area contributed by atoms with Gasteiger partial charge in [-0.05, 0) is 30.5 Å². The Labute approximate surface area is 142 Å². The number of anilines is 1. The zero-order valence-electron chi connectivity index (χ0n) is 13.2. The zero-order chi connectivity index (χ0) is 16.1. The van der Waals surface area contributed by atoms with Crippen molar-refractivity contribution in [2.45, 2.75) is 39.5 Å². The monoisotopic (exact) mass is 337 g/mol. The summed E-state index contributed by atoms with van der Waals surface area (Å²) < 4.78 is 0. The van der Waals surface area contributed by atoms with E-state index in [0.29, 0.717) is 21.8 Å². The maximum Gasteiger partial charge on any atom is 0.161 e. The Balaban J connectivity index is 2.40. The molecule has 0 aliphatic heterocycles. The van der Waals surface area contributed by atoms with Gasteiger partial charge in [0.15, 0.2) is 5.82 Å². The number of unbranched alkanes of at least 4 members (excludes halogenated alkanes) is 1. The van der Waals surface area contributed by atoms with Crippen molar-refractivity contribution in [3.63, 3.8) is 0 Å². The first-order valence-electron chi connectivity index (χ1n) is 7.59. The number of nitrogens with zero attached hydrogens (tertiary/aromatic N) is 2. The smallest absolute Gasteiger partial charge is 0.161 e. The van der Waals surface area contributed by atoms with Gasteiger partial charge in [-0.25, -0.2) is 9.97 Å². The van der Waals surface area contributed by atoms with Gasteiger partial charge in [0.05, 0.1) is 0 Å². The lowest BCUT2D eigenvalue weighted by atomic mass is 10.1. The van der Waals surface area contributed by atoms with Crippen LogP contribution in [0.5, 0.6) is 0 Å². The highest BCUT2D eigenvalue weighted by Gasteiger charge is 2.11. The maximum absolute atomic E-state index is 6.09. The summed E-state index contributed by atoms with van der Waals surface area (Å²) in [6.07, 6.45) is 2.26. The lowest BCUT2D eigenvalue weighted by molar-refractivity contribution is 0.808. The van der Waals surface area contributed by atoms with Crippen molar-refractivity contribution in [3.05, 3.63) is 40.0 Å². The van der Waals surface area contributed by atoms with E-state index in [0.717, 1.165) is 36.5 Å². The predicted molar refractivity (Wildman–Crippen MR) is 95.0 cm³/mol. The molecule has 1 aromatic carbocycles. The van der Waals surface area contributed by atoms with E-state index in [2.05, 4.69) is 36.1 Å². The van der Waals surface area contributed by atoms with E-state index in [1.54, 1.807) is 6.07 Å². The van der Waals surface area contributed by atoms with Crippen molar-refractivity contribution >= 4 is 29.0 Å². The molecule has 0 atom stereocenters. The molecule has 0 radical (unpaired) electrons. The first-order chi connectivity index (χ1) is 10.5. The summed E-state index contributed by atoms with van der Waals surface area (Å²) in [7, 11) is 0. The fourth-order valence-corrected chi connectivity index (χ4v) is 2.58. The van der Waals surface area contributed by atoms with Gasteiger partial charge in [0.25, 0.3) is 0 Å². The Bertz CT molecular complexity index is 622. The van der Waals surface area contributed by atoms with Crippen molar-refractivity contribution in [1.82, 2.24) is 9.97 Å². The van der Waals surface area contributed by atoms with Crippen LogP contribution in [0.25, 0.3) is 11.4 Å². The van der Waals surface area contributed by atoms with E-state index in [1.807, 2.05) is 18.2 Å². The molecule has 0 unspecified atom stereocenters. The highest BCUT2D eigenvalue weighted by Crippen LogP contribution is 2.27. The second-order valence-corrected chi connectivity index (χ2v) is 6.47. The molecular formula is C17H21Cl2N3. The van der Waals surface area contributed by atoms with E-state index in [-0.39, 0.29) is 0 Å². The highest BCUT2D eigenvalue weighted by atomic mass is 35.5. The van der Waals surface area contributed by atoms with Crippen LogP contribution in [0, 0.1) is 0 Å². The Morgan fingerprint density at radius 2 is 1.73 bits per heavy atom. The van der Waals surface area contributed by atoms with Crippen LogP contribution in [0.3, 0.4) is 0 Å². The zero-order valence-corrected chi connectivity index (χ0v) is 14.7. The van der Waals surface area contributed by atoms with E-state index < -0.39 is 0 Å². The molecule has 1 N–H and O–H groups in total. The summed E-state index contributed by atoms with van der Waals surface area (Å²) in [6.45, 7) is 7.31. The third-order valence-electron chi connectivity index (χ3n) is 3.29. The number of halogens is 2. The van der Waals surface area contributed by atoms with E-state index in [4.69, 9.17) is 23.2 Å². The summed E-state index contributed by atoms with van der Waals surface area (Å²) in [5, 5.41) is 4.53. The Morgan fingerprint density at radius 3 is 2.32 bits per heavy atom. The summed E-state index contributed by atoms with van der Waals surface area (Å²) in [6, 6.07) is 7.39. The van der Waals surface area contributed by atoms with Gasteiger partial charge < -0.3 is 5.32 Å². The first kappa shape index (κ1) is 17.0. The van der Waals surface area contributed by atoms with Gasteiger partial charge in [-0.1, -0.05) is 50.4 Å². The Morgan fingerprint density at radius 1 is 1.05 bits per heavy atom. The fourth-order valence-electron chi connectivity index (χ4n) is 2.06. The van der Waals surface area contributed by atoms with Crippen molar-refractivity contribution < 1.29 is 0 Å². The Kier molecular flexibility index (Phi) is 6.04. The predicted octanol–water partition coefficient (Wildman–Crippen LogP) is 5.79. The highest BCUT2D eigenvalue weighted by molar-refractivity contribution is 6.35. The molecule has 0 amide bonds. The number of aromatic nitrogens is 2. The van der Waals surface area contributed by atoms with Crippen LogP contribution in [0.2, 0.25) is 10.0 Å². The lowest BCUT2D eigenvalue weighted by Gasteiger charge is -2.12. The topological polar surface area (TPSA) is 37.8 Å². The van der Waals surface area contributed by atoms with E-state index in [9.17, 15) is 0 Å². The molecule has 1 aromatic heterocycles. The standard InChI is InChI=1S/C17H21Cl2N3/c1-4-5-6-20-16-10-15(11(2)3)21-17(22-16)12-7-13(18)9-14(19)8-12/h7-11H,4-6H2,1-3H3,(H,20,21,22). The van der Waals surface area contributed by atoms with Crippen LogP contribution in [0.1, 0.15) is 45.2 Å². The van der Waals surface area contributed by atoms with Gasteiger partial charge in [0, 0.05) is 33.9 Å². The molecule has 118 valence electrons. The minimum Gasteiger partial charge on any atom is -0.370 e. The van der Waals surface area contributed by atoms with Crippen molar-refractivity contribution in [2.75, 3.05) is 11.9 Å². The third-order valence-corrected chi connectivity index (χ3v) is 3.73. The van der Waals surface area contributed by atoms with Crippen LogP contribution in [-0.2, 0) is 0 Å². The quantitative estimate of drug-likeness (QED) is 0.678. The normalized spacial score (nSPS) is 11.0. The number of rotatable bonds is 6. The third kappa shape index (κ3) is 4.59. The molecule has 2 rings (SSSR count). The molecule has 0 spiro atoms. The molecule has 0 fully saturated rings. The summed E-state index contributed by atoms with van der Waals surface area (Å²) >= 11 is 12.2. The van der Waals surface area contributed by atoms with Crippen LogP contribution >= 0.6 is 23.2 Å². The minimum atomic E-state index is 0.322. The molecule has 0 saturated heterocycles. The van der Waals surface area contributed by atoms with E-state index >= 15 is 0 Å². The lowest BCUT2D eigenvalue weighted by Crippen LogP contribution is -2.07. The molecule has 0 aliphatic rings. The van der Waals surface area contributed by atoms with Gasteiger partial charge in [-0.2, -0.15) is 0 Å². The van der Waals surface area contributed by atoms with Gasteiger partial charge >= 0.3 is 0 Å². The van der Waals surface area contributed by atoms with Crippen molar-refractivity contribution in [3.8, 4) is 11.4 Å². The van der Waals surface area contributed by atoms with Crippen molar-refractivity contribution in [2.24, 2.45) is 0 Å². The van der Waals surface area contributed by atoms with Crippen LogP contribution in [0.15, 0.2) is 24.3 Å². The summed E-state index contributed by atoms with van der Waals surface area (Å²) in [5.74, 6) is 1.82. The first-order valence-corrected chi connectivity index (χ1v) is 8.34. The second kappa shape index (κ2) is 7.80. The average molecular weight is 338 g/mol. The largest absolute Gasteiger partial charge is 0.370 e. The fraction of sp³-hybridized carbons (Fsp3) is 0.412. The molecular weight excluding hydrogens is 317 g/mol. The second-order valence-electron chi connectivity index (χ2n) is 5.59. The molecule has 0 bridgehead atoms. The summed E-state index contributed by atoms with van der Waals surface area (Å²) in [5.41, 5.74) is 1.83. The van der Waals surface area contributed by atoms with Gasteiger partial charge in [-0.15, -0.1) is 0 Å². The number of benzene rings is 1. The molecule has 22 heavy (non-hydrogen) atoms. The SMILES string of the molecule is CCCCNc1cc(C(C)C)nc(-c2cc(Cl)cc(Cl)c2)n1. The van der Waals surface area contributed by atoms with Crippen LogP contribution in [0.4, 0.5) is 5.82 Å². The van der Waals surface area contributed by atoms with Gasteiger partial charge in [0.2, 0.25) is 0 Å². The molecule has 1 heterocycles. The summed E-state index contributed by atoms with van der Waals surface area (Å²) in [4.78, 5) is 9.25. The van der Waals surface area contributed by atoms with Crippen molar-refractivity contribution in [1.29, 1.82) is 0 Å². The maximum atomic E-state index is 6.09. The van der Waals surface area contributed by atoms with Gasteiger partial charge in [-0.3, -0.25) is 0 Å². The molecule has 5 heteroatoms.